The van der Waals surface area contributed by atoms with Gasteiger partial charge in [-0.2, -0.15) is 0 Å². The number of methoxy groups -OCH3 is 1. The fourth-order valence-corrected chi connectivity index (χ4v) is 4.27. The highest BCUT2D eigenvalue weighted by molar-refractivity contribution is 5.93. The van der Waals surface area contributed by atoms with Crippen molar-refractivity contribution in [3.63, 3.8) is 0 Å². The molecule has 1 aromatic heterocycles. The fourth-order valence-electron chi connectivity index (χ4n) is 4.27. The maximum atomic E-state index is 12.9. The Morgan fingerprint density at radius 2 is 1.88 bits per heavy atom. The normalized spacial score (nSPS) is 15.0. The molecule has 0 atom stereocenters. The first-order chi connectivity index (χ1) is 15.6. The van der Waals surface area contributed by atoms with E-state index in [1.807, 2.05) is 48.5 Å². The van der Waals surface area contributed by atoms with Crippen LogP contribution in [0.3, 0.4) is 0 Å². The Bertz CT molecular complexity index is 1070. The van der Waals surface area contributed by atoms with Gasteiger partial charge in [-0.15, -0.1) is 0 Å². The van der Waals surface area contributed by atoms with Crippen molar-refractivity contribution in [3.8, 4) is 16.9 Å². The molecule has 2 heterocycles. The third-order valence-electron chi connectivity index (χ3n) is 6.23. The molecule has 0 radical (unpaired) electrons. The minimum absolute atomic E-state index is 0.0400. The van der Waals surface area contributed by atoms with E-state index < -0.39 is 0 Å². The van der Waals surface area contributed by atoms with Gasteiger partial charge in [0.25, 0.3) is 0 Å². The van der Waals surface area contributed by atoms with Crippen molar-refractivity contribution in [3.05, 3.63) is 65.7 Å². The van der Waals surface area contributed by atoms with Gasteiger partial charge in [-0.3, -0.25) is 9.69 Å². The standard InChI is InChI=1S/C26H32N4O2/c1-4-25-27-18(2)24(29-25)17-30-13-11-19(12-14-30)26(31)28-22-9-5-7-20(15-22)21-8-6-10-23(16-21)32-3/h5-10,15-16,19H,4,11-14,17H2,1-3H3,(H,27,29)(H,28,31). The summed E-state index contributed by atoms with van der Waals surface area (Å²) in [5, 5.41) is 3.13. The van der Waals surface area contributed by atoms with E-state index in [0.717, 1.165) is 78.7 Å². The molecule has 32 heavy (non-hydrogen) atoms. The smallest absolute Gasteiger partial charge is 0.227 e. The van der Waals surface area contributed by atoms with Gasteiger partial charge in [0.2, 0.25) is 5.91 Å². The maximum Gasteiger partial charge on any atom is 0.227 e. The second-order valence-electron chi connectivity index (χ2n) is 8.46. The first kappa shape index (κ1) is 22.1. The number of amides is 1. The summed E-state index contributed by atoms with van der Waals surface area (Å²) >= 11 is 0. The summed E-state index contributed by atoms with van der Waals surface area (Å²) in [6.07, 6.45) is 2.65. The topological polar surface area (TPSA) is 70.2 Å². The molecule has 1 aliphatic rings. The van der Waals surface area contributed by atoms with Crippen LogP contribution in [0.5, 0.6) is 5.75 Å². The molecule has 0 bridgehead atoms. The number of rotatable bonds is 7. The van der Waals surface area contributed by atoms with Crippen LogP contribution in [0, 0.1) is 12.8 Å². The van der Waals surface area contributed by atoms with E-state index in [-0.39, 0.29) is 11.8 Å². The molecule has 0 aliphatic carbocycles. The van der Waals surface area contributed by atoms with E-state index in [4.69, 9.17) is 9.72 Å². The predicted molar refractivity (Wildman–Crippen MR) is 128 cm³/mol. The molecule has 3 aromatic rings. The Kier molecular flexibility index (Phi) is 6.90. The van der Waals surface area contributed by atoms with Crippen LogP contribution in [-0.2, 0) is 17.8 Å². The number of likely N-dealkylation sites (tertiary alicyclic amines) is 1. The number of aromatic nitrogens is 2. The van der Waals surface area contributed by atoms with Crippen LogP contribution in [0.25, 0.3) is 11.1 Å². The Labute approximate surface area is 190 Å². The molecule has 1 saturated heterocycles. The van der Waals surface area contributed by atoms with Gasteiger partial charge >= 0.3 is 0 Å². The number of hydrogen-bond donors (Lipinski definition) is 2. The van der Waals surface area contributed by atoms with E-state index in [2.05, 4.69) is 29.0 Å². The molecule has 168 valence electrons. The van der Waals surface area contributed by atoms with Gasteiger partial charge in [0.1, 0.15) is 11.6 Å². The summed E-state index contributed by atoms with van der Waals surface area (Å²) in [5.74, 6) is 2.01. The van der Waals surface area contributed by atoms with Crippen LogP contribution in [0.2, 0.25) is 0 Å². The lowest BCUT2D eigenvalue weighted by Crippen LogP contribution is -2.38. The number of carbonyl (C=O) groups is 1. The van der Waals surface area contributed by atoms with Crippen LogP contribution in [-0.4, -0.2) is 41.0 Å². The van der Waals surface area contributed by atoms with Crippen molar-refractivity contribution in [2.24, 2.45) is 5.92 Å². The number of nitrogens with one attached hydrogen (secondary N) is 2. The summed E-state index contributed by atoms with van der Waals surface area (Å²) in [4.78, 5) is 23.4. The zero-order valence-electron chi connectivity index (χ0n) is 19.1. The molecule has 0 saturated carbocycles. The van der Waals surface area contributed by atoms with E-state index in [1.165, 1.54) is 0 Å². The van der Waals surface area contributed by atoms with Crippen LogP contribution >= 0.6 is 0 Å². The zero-order valence-corrected chi connectivity index (χ0v) is 19.1. The van der Waals surface area contributed by atoms with E-state index in [0.29, 0.717) is 0 Å². The minimum atomic E-state index is 0.0400. The first-order valence-corrected chi connectivity index (χ1v) is 11.4. The van der Waals surface area contributed by atoms with Crippen LogP contribution in [0.1, 0.15) is 37.0 Å². The highest BCUT2D eigenvalue weighted by Gasteiger charge is 2.26. The first-order valence-electron chi connectivity index (χ1n) is 11.4. The lowest BCUT2D eigenvalue weighted by molar-refractivity contribution is -0.121. The van der Waals surface area contributed by atoms with Gasteiger partial charge in [-0.25, -0.2) is 4.98 Å². The van der Waals surface area contributed by atoms with Crippen LogP contribution < -0.4 is 10.1 Å². The SMILES string of the molecule is CCc1nc(CN2CCC(C(=O)Nc3cccc(-c4cccc(OC)c4)c3)CC2)c(C)[nH]1. The van der Waals surface area contributed by atoms with E-state index >= 15 is 0 Å². The Morgan fingerprint density at radius 1 is 1.16 bits per heavy atom. The number of aryl methyl sites for hydroxylation is 2. The molecule has 1 aliphatic heterocycles. The van der Waals surface area contributed by atoms with Crippen molar-refractivity contribution in [1.29, 1.82) is 0 Å². The Hall–Kier alpha value is -3.12. The number of H-pyrrole nitrogens is 1. The second-order valence-corrected chi connectivity index (χ2v) is 8.46. The summed E-state index contributed by atoms with van der Waals surface area (Å²) < 4.78 is 5.33. The molecule has 4 rings (SSSR count). The zero-order chi connectivity index (χ0) is 22.5. The maximum absolute atomic E-state index is 12.9. The highest BCUT2D eigenvalue weighted by Crippen LogP contribution is 2.27. The number of anilines is 1. The number of ether oxygens (including phenoxy) is 1. The van der Waals surface area contributed by atoms with Gasteiger partial charge in [0.05, 0.1) is 12.8 Å². The van der Waals surface area contributed by atoms with Crippen molar-refractivity contribution >= 4 is 11.6 Å². The van der Waals surface area contributed by atoms with Gasteiger partial charge in [-0.05, 0) is 68.2 Å². The molecular formula is C26H32N4O2. The van der Waals surface area contributed by atoms with Crippen molar-refractivity contribution in [2.45, 2.75) is 39.7 Å². The van der Waals surface area contributed by atoms with Gasteiger partial charge in [-0.1, -0.05) is 31.2 Å². The highest BCUT2D eigenvalue weighted by atomic mass is 16.5. The molecule has 6 nitrogen and oxygen atoms in total. The fraction of sp³-hybridized carbons (Fsp3) is 0.385. The van der Waals surface area contributed by atoms with Crippen molar-refractivity contribution in [1.82, 2.24) is 14.9 Å². The second kappa shape index (κ2) is 10.0. The number of hydrogen-bond acceptors (Lipinski definition) is 4. The average Bonchev–Trinajstić information content (AvgIpc) is 3.19. The lowest BCUT2D eigenvalue weighted by atomic mass is 9.95. The largest absolute Gasteiger partial charge is 0.497 e. The Morgan fingerprint density at radius 3 is 2.56 bits per heavy atom. The van der Waals surface area contributed by atoms with E-state index in [1.54, 1.807) is 7.11 Å². The summed E-state index contributed by atoms with van der Waals surface area (Å²) in [5.41, 5.74) is 5.22. The number of carbonyl (C=O) groups excluding carboxylic acids is 1. The third kappa shape index (κ3) is 5.19. The van der Waals surface area contributed by atoms with Crippen LogP contribution in [0.4, 0.5) is 5.69 Å². The summed E-state index contributed by atoms with van der Waals surface area (Å²) in [6, 6.07) is 15.9. The molecule has 2 N–H and O–H groups in total. The number of imidazole rings is 1. The summed E-state index contributed by atoms with van der Waals surface area (Å²) in [7, 11) is 1.67. The molecule has 6 heteroatoms. The summed E-state index contributed by atoms with van der Waals surface area (Å²) in [6.45, 7) is 6.87. The van der Waals surface area contributed by atoms with Crippen molar-refractivity contribution in [2.75, 3.05) is 25.5 Å². The number of benzene rings is 2. The average molecular weight is 433 g/mol. The molecule has 0 spiro atoms. The molecule has 0 unspecified atom stereocenters. The lowest BCUT2D eigenvalue weighted by Gasteiger charge is -2.31. The molecule has 1 fully saturated rings. The van der Waals surface area contributed by atoms with Crippen molar-refractivity contribution < 1.29 is 9.53 Å². The molecule has 2 aromatic carbocycles. The van der Waals surface area contributed by atoms with Gasteiger partial charge in [0, 0.05) is 30.3 Å². The minimum Gasteiger partial charge on any atom is -0.497 e. The van der Waals surface area contributed by atoms with Gasteiger partial charge < -0.3 is 15.0 Å². The third-order valence-corrected chi connectivity index (χ3v) is 6.23. The quantitative estimate of drug-likeness (QED) is 0.562. The van der Waals surface area contributed by atoms with Gasteiger partial charge in [0.15, 0.2) is 0 Å². The van der Waals surface area contributed by atoms with Crippen LogP contribution in [0.15, 0.2) is 48.5 Å². The monoisotopic (exact) mass is 432 g/mol. The molecule has 1 amide bonds. The number of nitrogens with zero attached hydrogens (tertiary/aromatic N) is 2. The number of aromatic amines is 1. The number of piperidine rings is 1. The van der Waals surface area contributed by atoms with E-state index in [9.17, 15) is 4.79 Å². The predicted octanol–water partition coefficient (Wildman–Crippen LogP) is 4.81. The molecular weight excluding hydrogens is 400 g/mol. The Balaban J connectivity index is 1.33.